The third kappa shape index (κ3) is 55.0. The maximum absolute atomic E-state index is 11.1. The van der Waals surface area contributed by atoms with E-state index in [0.29, 0.717) is 114 Å². The van der Waals surface area contributed by atoms with Crippen LogP contribution in [0.4, 0.5) is 0 Å². The van der Waals surface area contributed by atoms with Crippen molar-refractivity contribution in [2.45, 2.75) is 108 Å². The zero-order chi connectivity index (χ0) is 79.4. The molecular weight excluding hydrogens is 1540 g/mol. The van der Waals surface area contributed by atoms with Crippen LogP contribution in [0.15, 0.2) is 111 Å². The van der Waals surface area contributed by atoms with Gasteiger partial charge in [0.1, 0.15) is 13.2 Å². The van der Waals surface area contributed by atoms with Gasteiger partial charge in [-0.15, -0.1) is 35.3 Å². The fraction of sp³-hybridized carbons (Fsp3) is 0.620. The van der Waals surface area contributed by atoms with Gasteiger partial charge in [-0.1, -0.05) is 59.2 Å². The summed E-state index contributed by atoms with van der Waals surface area (Å²) >= 11 is 11.7. The van der Waals surface area contributed by atoms with Gasteiger partial charge in [-0.05, 0) is 71.1 Å². The molecule has 9 aliphatic rings. The van der Waals surface area contributed by atoms with Crippen LogP contribution < -0.4 is 0 Å². The minimum Gasteiger partial charge on any atom is -0.446 e. The molecule has 36 heteroatoms. The van der Waals surface area contributed by atoms with Gasteiger partial charge in [-0.2, -0.15) is 47.0 Å². The summed E-state index contributed by atoms with van der Waals surface area (Å²) in [7, 11) is 0. The molecule has 9 unspecified atom stereocenters. The highest BCUT2D eigenvalue weighted by Gasteiger charge is 2.25. The molecule has 606 valence electrons. The van der Waals surface area contributed by atoms with Gasteiger partial charge in [0.2, 0.25) is 37.7 Å². The molecule has 0 aliphatic carbocycles. The number of carbonyl (C=O) groups is 9. The Kier molecular flexibility index (Phi) is 60.3. The Labute approximate surface area is 658 Å². The molecule has 29 nitrogen and oxygen atoms in total. The highest BCUT2D eigenvalue weighted by atomic mass is 32.2. The van der Waals surface area contributed by atoms with Crippen LogP contribution in [0.2, 0.25) is 0 Å². The van der Waals surface area contributed by atoms with Crippen molar-refractivity contribution in [3.05, 3.63) is 111 Å². The van der Waals surface area contributed by atoms with Gasteiger partial charge in [0.15, 0.2) is 16.3 Å². The number of thioether (sulfide) groups is 7. The molecule has 0 N–H and O–H groups in total. The molecule has 9 rings (SSSR count). The maximum Gasteiger partial charge on any atom is 0.335 e. The smallest absolute Gasteiger partial charge is 0.335 e. The second-order valence-corrected chi connectivity index (χ2v) is 30.3. The molecule has 9 aliphatic heterocycles. The van der Waals surface area contributed by atoms with Crippen molar-refractivity contribution in [3.8, 4) is 0 Å². The SMILES string of the molecule is C=C(C)C(=O)OC1COCCCS1.C=C(C)C(=O)OC1COCCO1.C=C(C)C(=O)OC1COCCS1.C=C(C)C(=O)OC1CSCCCO1.C=C(C)C(=O)OC1CSCCO1.C=CC(=O)OC1COCCO1.C=CC(=O)OC1COCCS1.C=CC(=O)OC1CSCCCO1.C=CC(=O)OC1CSCCO1. The second-order valence-electron chi connectivity index (χ2n) is 21.9. The van der Waals surface area contributed by atoms with Gasteiger partial charge < -0.3 is 94.7 Å². The Hall–Kier alpha value is -5.10. The average molecular weight is 1650 g/mol. The van der Waals surface area contributed by atoms with Gasteiger partial charge >= 0.3 is 53.7 Å². The van der Waals surface area contributed by atoms with E-state index in [1.54, 1.807) is 117 Å². The average Bonchev–Trinajstić information content (AvgIpc) is 1.98. The van der Waals surface area contributed by atoms with Crippen molar-refractivity contribution in [2.75, 3.05) is 169 Å². The molecule has 0 bridgehead atoms. The highest BCUT2D eigenvalue weighted by Crippen LogP contribution is 2.22. The van der Waals surface area contributed by atoms with Crippen LogP contribution in [0, 0.1) is 0 Å². The summed E-state index contributed by atoms with van der Waals surface area (Å²) in [6.45, 7) is 47.7. The van der Waals surface area contributed by atoms with E-state index in [2.05, 4.69) is 59.2 Å². The maximum atomic E-state index is 11.1. The van der Waals surface area contributed by atoms with Crippen molar-refractivity contribution < 1.29 is 138 Å². The van der Waals surface area contributed by atoms with Gasteiger partial charge in [0.25, 0.3) is 0 Å². The summed E-state index contributed by atoms with van der Waals surface area (Å²) in [5, 5.41) is 0. The Morgan fingerprint density at radius 2 is 0.551 bits per heavy atom. The summed E-state index contributed by atoms with van der Waals surface area (Å²) in [6, 6.07) is 0. The monoisotopic (exact) mass is 1650 g/mol. The molecule has 0 aromatic carbocycles. The molecule has 107 heavy (non-hydrogen) atoms. The number of ether oxygens (including phenoxy) is 20. The van der Waals surface area contributed by atoms with Gasteiger partial charge in [-0.3, -0.25) is 0 Å². The van der Waals surface area contributed by atoms with E-state index in [1.165, 1.54) is 0 Å². The van der Waals surface area contributed by atoms with E-state index in [9.17, 15) is 43.2 Å². The topological polar surface area (TPSA) is 338 Å². The summed E-state index contributed by atoms with van der Waals surface area (Å²) < 4.78 is 101. The molecule has 0 radical (unpaired) electrons. The molecule has 9 heterocycles. The lowest BCUT2D eigenvalue weighted by atomic mass is 10.4. The fourth-order valence-electron chi connectivity index (χ4n) is 7.03. The minimum atomic E-state index is -0.567. The molecule has 0 aromatic heterocycles. The summed E-state index contributed by atoms with van der Waals surface area (Å²) in [5.74, 6) is 6.18. The van der Waals surface area contributed by atoms with Crippen LogP contribution in [-0.2, 0) is 138 Å². The lowest BCUT2D eigenvalue weighted by Gasteiger charge is -2.22. The fourth-order valence-corrected chi connectivity index (χ4v) is 12.7. The Morgan fingerprint density at radius 3 is 0.897 bits per heavy atom. The number of hydrogen-bond acceptors (Lipinski definition) is 36. The van der Waals surface area contributed by atoms with Gasteiger partial charge in [0.05, 0.1) is 109 Å². The van der Waals surface area contributed by atoms with Crippen molar-refractivity contribution in [1.82, 2.24) is 0 Å². The number of rotatable bonds is 18. The van der Waals surface area contributed by atoms with Gasteiger partial charge in [0, 0.05) is 81.8 Å². The van der Waals surface area contributed by atoms with Crippen molar-refractivity contribution in [3.63, 3.8) is 0 Å². The standard InChI is InChI=1S/2C9H14O3S.C8H12O4.3C8H12O3S.C7H10O4.2C7H10O3S/c1-7(2)9(10)12-8-6-13-5-3-4-11-8;1-7(2)9(10)12-8-6-11-4-3-5-13-8;1-6(2)8(9)12-7-5-10-3-4-11-7;1-6(2)8(9)11-7-5-12-4-3-10-7;1-6(2)8(9)11-7-5-10-3-4-12-7;1-2-7(9)11-8-6-12-5-3-4-10-8;1-2-6(8)11-7-5-9-3-4-10-7;1-2-6(8)10-7-5-11-4-3-9-7;1-2-6(8)10-7-5-9-3-4-11-7/h2*8H,1,3-6H2,2H3;3*7H,1,3-5H2,2H3;2,8H,1,3-6H2;3*2,7H,1,3-5H2. The van der Waals surface area contributed by atoms with E-state index >= 15 is 0 Å². The normalized spacial score (nSPS) is 23.7. The summed E-state index contributed by atoms with van der Waals surface area (Å²) in [4.78, 5) is 97.9. The van der Waals surface area contributed by atoms with Crippen LogP contribution in [0.5, 0.6) is 0 Å². The van der Waals surface area contributed by atoms with Crippen molar-refractivity contribution in [1.29, 1.82) is 0 Å². The summed E-state index contributed by atoms with van der Waals surface area (Å²) in [6.07, 6.45) is 4.95. The molecule has 0 saturated carbocycles. The molecule has 0 amide bonds. The molecule has 9 saturated heterocycles. The summed E-state index contributed by atoms with van der Waals surface area (Å²) in [5.41, 5.74) is 1.60. The van der Waals surface area contributed by atoms with Crippen LogP contribution in [-0.4, -0.2) is 277 Å². The van der Waals surface area contributed by atoms with Gasteiger partial charge in [-0.25, -0.2) is 43.2 Å². The first-order valence-corrected chi connectivity index (χ1v) is 41.5. The molecule has 0 spiro atoms. The first kappa shape index (κ1) is 99.9. The predicted molar refractivity (Wildman–Crippen MR) is 414 cm³/mol. The number of esters is 9. The van der Waals surface area contributed by atoms with Crippen LogP contribution in [0.25, 0.3) is 0 Å². The molecule has 9 fully saturated rings. The Morgan fingerprint density at radius 1 is 0.280 bits per heavy atom. The van der Waals surface area contributed by atoms with Crippen LogP contribution >= 0.6 is 82.3 Å². The lowest BCUT2D eigenvalue weighted by molar-refractivity contribution is -0.211. The number of carbonyl (C=O) groups excluding carboxylic acids is 9. The first-order chi connectivity index (χ1) is 51.3. The Balaban J connectivity index is 0.000000602. The van der Waals surface area contributed by atoms with E-state index in [-0.39, 0.29) is 65.0 Å². The predicted octanol–water partition coefficient (Wildman–Crippen LogP) is 8.93. The van der Waals surface area contributed by atoms with Crippen molar-refractivity contribution >= 4 is 136 Å². The third-order valence-corrected chi connectivity index (χ3v) is 19.5. The molecule has 9 atom stereocenters. The largest absolute Gasteiger partial charge is 0.446 e. The highest BCUT2D eigenvalue weighted by molar-refractivity contribution is 8.00. The minimum absolute atomic E-state index is 0.144. The zero-order valence-electron chi connectivity index (χ0n) is 61.8. The van der Waals surface area contributed by atoms with E-state index in [4.69, 9.17) is 94.7 Å². The molecule has 0 aromatic rings. The molecular formula is C71H106O29S7. The van der Waals surface area contributed by atoms with Crippen LogP contribution in [0.3, 0.4) is 0 Å². The lowest BCUT2D eigenvalue weighted by Crippen LogP contribution is -2.32. The van der Waals surface area contributed by atoms with E-state index < -0.39 is 42.7 Å². The van der Waals surface area contributed by atoms with Crippen molar-refractivity contribution in [2.24, 2.45) is 0 Å². The van der Waals surface area contributed by atoms with E-state index in [0.717, 1.165) is 127 Å². The van der Waals surface area contributed by atoms with Crippen LogP contribution in [0.1, 0.15) is 53.9 Å². The first-order valence-electron chi connectivity index (χ1n) is 33.7. The number of hydrogen-bond donors (Lipinski definition) is 0. The third-order valence-electron chi connectivity index (χ3n) is 12.3. The zero-order valence-corrected chi connectivity index (χ0v) is 67.5. The second kappa shape index (κ2) is 64.6. The quantitative estimate of drug-likeness (QED) is 0.0701. The van der Waals surface area contributed by atoms with E-state index in [1.807, 2.05) is 0 Å². The Bertz CT molecular complexity index is 2470.